The van der Waals surface area contributed by atoms with Gasteiger partial charge in [0.1, 0.15) is 0 Å². The Balaban J connectivity index is 2.15. The Hall–Kier alpha value is -2.01. The number of nitrogens with zero attached hydrogens (tertiary/aromatic N) is 3. The van der Waals surface area contributed by atoms with Crippen LogP contribution in [0, 0.1) is 11.7 Å². The van der Waals surface area contributed by atoms with Crippen LogP contribution in [-0.2, 0) is 19.4 Å². The fourth-order valence-electron chi connectivity index (χ4n) is 3.43. The zero-order valence-electron chi connectivity index (χ0n) is 12.8. The molecule has 0 amide bonds. The minimum Gasteiger partial charge on any atom is -0.300 e. The van der Waals surface area contributed by atoms with Gasteiger partial charge >= 0.3 is 0 Å². The van der Waals surface area contributed by atoms with E-state index in [1.165, 1.54) is 34.2 Å². The number of fused-ring (bicyclic) bond motifs is 2. The number of rotatable bonds is 2. The second-order valence-corrected chi connectivity index (χ2v) is 6.27. The molecule has 4 rings (SSSR count). The molecule has 0 atom stereocenters. The Morgan fingerprint density at radius 3 is 3.00 bits per heavy atom. The normalized spacial score (nSPS) is 13.7. The minimum absolute atomic E-state index is 0.682. The molecule has 0 radical (unpaired) electrons. The van der Waals surface area contributed by atoms with Crippen LogP contribution in [0.1, 0.15) is 30.2 Å². The van der Waals surface area contributed by atoms with Crippen molar-refractivity contribution in [3.8, 4) is 11.4 Å². The SMILES string of the molecule is CCn1c(-c2c3c(nc4ccc(C)cc24)CCC3)n[nH]c1=S. The molecule has 2 aromatic heterocycles. The maximum Gasteiger partial charge on any atom is 0.195 e. The Morgan fingerprint density at radius 1 is 1.32 bits per heavy atom. The summed E-state index contributed by atoms with van der Waals surface area (Å²) in [6, 6.07) is 6.45. The van der Waals surface area contributed by atoms with Crippen LogP contribution in [0.2, 0.25) is 0 Å². The smallest absolute Gasteiger partial charge is 0.195 e. The van der Waals surface area contributed by atoms with E-state index in [9.17, 15) is 0 Å². The molecule has 0 spiro atoms. The quantitative estimate of drug-likeness (QED) is 0.728. The van der Waals surface area contributed by atoms with Gasteiger partial charge in [-0.25, -0.2) is 0 Å². The summed E-state index contributed by atoms with van der Waals surface area (Å²) in [5, 5.41) is 8.67. The number of H-pyrrole nitrogens is 1. The van der Waals surface area contributed by atoms with E-state index < -0.39 is 0 Å². The van der Waals surface area contributed by atoms with Crippen molar-refractivity contribution < 1.29 is 0 Å². The molecule has 0 aliphatic heterocycles. The maximum absolute atomic E-state index is 5.38. The van der Waals surface area contributed by atoms with E-state index in [0.717, 1.165) is 30.7 Å². The summed E-state index contributed by atoms with van der Waals surface area (Å²) in [5.74, 6) is 0.948. The first-order chi connectivity index (χ1) is 10.7. The average molecular weight is 310 g/mol. The van der Waals surface area contributed by atoms with Crippen LogP contribution in [0.15, 0.2) is 18.2 Å². The highest BCUT2D eigenvalue weighted by atomic mass is 32.1. The van der Waals surface area contributed by atoms with Gasteiger partial charge in [-0.2, -0.15) is 5.10 Å². The van der Waals surface area contributed by atoms with Gasteiger partial charge in [0, 0.05) is 23.2 Å². The standard InChI is InChI=1S/C17H18N4S/c1-3-21-16(19-20-17(21)22)15-11-5-4-6-13(11)18-14-8-7-10(2)9-12(14)15/h7-9H,3-6H2,1-2H3,(H,20,22). The van der Waals surface area contributed by atoms with Crippen LogP contribution in [-0.4, -0.2) is 19.7 Å². The van der Waals surface area contributed by atoms with Crippen LogP contribution in [0.4, 0.5) is 0 Å². The number of pyridine rings is 1. The first-order valence-corrected chi connectivity index (χ1v) is 8.17. The number of aryl methyl sites for hydroxylation is 2. The Morgan fingerprint density at radius 2 is 2.18 bits per heavy atom. The first kappa shape index (κ1) is 13.6. The first-order valence-electron chi connectivity index (χ1n) is 7.76. The number of aromatic amines is 1. The number of hydrogen-bond donors (Lipinski definition) is 1. The molecule has 0 fully saturated rings. The van der Waals surface area contributed by atoms with Gasteiger partial charge < -0.3 is 4.57 Å². The minimum atomic E-state index is 0.682. The summed E-state index contributed by atoms with van der Waals surface area (Å²) in [5.41, 5.74) is 6.09. The Bertz CT molecular complexity index is 936. The van der Waals surface area contributed by atoms with Crippen molar-refractivity contribution in [2.24, 2.45) is 0 Å². The molecule has 3 aromatic rings. The van der Waals surface area contributed by atoms with Gasteiger partial charge in [-0.1, -0.05) is 11.6 Å². The van der Waals surface area contributed by atoms with Crippen molar-refractivity contribution >= 4 is 23.1 Å². The van der Waals surface area contributed by atoms with Crippen molar-refractivity contribution in [1.29, 1.82) is 0 Å². The number of nitrogens with one attached hydrogen (secondary N) is 1. The summed E-state index contributed by atoms with van der Waals surface area (Å²) >= 11 is 5.38. The summed E-state index contributed by atoms with van der Waals surface area (Å²) in [6.07, 6.45) is 3.30. The lowest BCUT2D eigenvalue weighted by Crippen LogP contribution is -2.02. The highest BCUT2D eigenvalue weighted by molar-refractivity contribution is 7.71. The summed E-state index contributed by atoms with van der Waals surface area (Å²) in [6.45, 7) is 5.03. The molecular formula is C17H18N4S. The molecule has 5 heteroatoms. The van der Waals surface area contributed by atoms with E-state index in [4.69, 9.17) is 17.2 Å². The third kappa shape index (κ3) is 1.92. The van der Waals surface area contributed by atoms with E-state index in [1.54, 1.807) is 0 Å². The highest BCUT2D eigenvalue weighted by Crippen LogP contribution is 2.36. The molecule has 1 aliphatic rings. The van der Waals surface area contributed by atoms with E-state index >= 15 is 0 Å². The van der Waals surface area contributed by atoms with Gasteiger partial charge in [0.15, 0.2) is 10.6 Å². The van der Waals surface area contributed by atoms with Crippen molar-refractivity contribution in [3.63, 3.8) is 0 Å². The van der Waals surface area contributed by atoms with Gasteiger partial charge in [-0.05, 0) is 63.0 Å². The number of hydrogen-bond acceptors (Lipinski definition) is 3. The molecule has 2 heterocycles. The fourth-order valence-corrected chi connectivity index (χ4v) is 3.69. The zero-order chi connectivity index (χ0) is 15.3. The van der Waals surface area contributed by atoms with Gasteiger partial charge in [0.05, 0.1) is 5.52 Å². The third-order valence-corrected chi connectivity index (χ3v) is 4.78. The second kappa shape index (κ2) is 5.02. The molecule has 22 heavy (non-hydrogen) atoms. The lowest BCUT2D eigenvalue weighted by molar-refractivity contribution is 0.755. The van der Waals surface area contributed by atoms with E-state index in [1.807, 2.05) is 0 Å². The highest BCUT2D eigenvalue weighted by Gasteiger charge is 2.23. The Labute approximate surface area is 134 Å². The lowest BCUT2D eigenvalue weighted by atomic mass is 9.99. The predicted octanol–water partition coefficient (Wildman–Crippen LogP) is 3.97. The molecule has 1 aliphatic carbocycles. The van der Waals surface area contributed by atoms with Gasteiger partial charge in [0.2, 0.25) is 0 Å². The topological polar surface area (TPSA) is 46.5 Å². The van der Waals surface area contributed by atoms with Crippen LogP contribution >= 0.6 is 12.2 Å². The molecule has 0 bridgehead atoms. The van der Waals surface area contributed by atoms with Crippen molar-refractivity contribution in [1.82, 2.24) is 19.7 Å². The summed E-state index contributed by atoms with van der Waals surface area (Å²) in [7, 11) is 0. The molecular weight excluding hydrogens is 292 g/mol. The largest absolute Gasteiger partial charge is 0.300 e. The van der Waals surface area contributed by atoms with Crippen molar-refractivity contribution in [3.05, 3.63) is 39.8 Å². The molecule has 0 unspecified atom stereocenters. The third-order valence-electron chi connectivity index (χ3n) is 4.47. The molecule has 0 saturated heterocycles. The summed E-state index contributed by atoms with van der Waals surface area (Å²) < 4.78 is 2.76. The van der Waals surface area contributed by atoms with Crippen molar-refractivity contribution in [2.45, 2.75) is 39.7 Å². The lowest BCUT2D eigenvalue weighted by Gasteiger charge is -2.13. The van der Waals surface area contributed by atoms with Gasteiger partial charge in [0.25, 0.3) is 0 Å². The van der Waals surface area contributed by atoms with E-state index in [2.05, 4.69) is 46.8 Å². The molecule has 1 aromatic carbocycles. The number of aromatic nitrogens is 4. The Kier molecular flexibility index (Phi) is 3.11. The van der Waals surface area contributed by atoms with Gasteiger partial charge in [-0.3, -0.25) is 10.1 Å². The van der Waals surface area contributed by atoms with Crippen molar-refractivity contribution in [2.75, 3.05) is 0 Å². The molecule has 112 valence electrons. The second-order valence-electron chi connectivity index (χ2n) is 5.88. The fraction of sp³-hybridized carbons (Fsp3) is 0.353. The van der Waals surface area contributed by atoms with E-state index in [0.29, 0.717) is 4.77 Å². The van der Waals surface area contributed by atoms with Crippen LogP contribution in [0.3, 0.4) is 0 Å². The van der Waals surface area contributed by atoms with Gasteiger partial charge in [-0.15, -0.1) is 0 Å². The summed E-state index contributed by atoms with van der Waals surface area (Å²) in [4.78, 5) is 4.87. The van der Waals surface area contributed by atoms with Crippen LogP contribution < -0.4 is 0 Å². The zero-order valence-corrected chi connectivity index (χ0v) is 13.6. The molecule has 1 N–H and O–H groups in total. The number of benzene rings is 1. The van der Waals surface area contributed by atoms with E-state index in [-0.39, 0.29) is 0 Å². The molecule has 4 nitrogen and oxygen atoms in total. The van der Waals surface area contributed by atoms with Crippen LogP contribution in [0.25, 0.3) is 22.3 Å². The van der Waals surface area contributed by atoms with Crippen LogP contribution in [0.5, 0.6) is 0 Å². The monoisotopic (exact) mass is 310 g/mol. The average Bonchev–Trinajstić information content (AvgIpc) is 3.11. The predicted molar refractivity (Wildman–Crippen MR) is 90.6 cm³/mol. The maximum atomic E-state index is 5.38. The molecule has 0 saturated carbocycles.